The summed E-state index contributed by atoms with van der Waals surface area (Å²) in [6.07, 6.45) is 6.48. The summed E-state index contributed by atoms with van der Waals surface area (Å²) in [6.45, 7) is 0. The van der Waals surface area contributed by atoms with Crippen LogP contribution in [-0.4, -0.2) is 5.38 Å². The van der Waals surface area contributed by atoms with E-state index in [4.69, 9.17) is 11.6 Å². The second-order valence-corrected chi connectivity index (χ2v) is 4.81. The van der Waals surface area contributed by atoms with Crippen LogP contribution in [0.5, 0.6) is 0 Å². The third-order valence-electron chi connectivity index (χ3n) is 2.83. The van der Waals surface area contributed by atoms with Crippen molar-refractivity contribution in [1.29, 1.82) is 0 Å². The summed E-state index contributed by atoms with van der Waals surface area (Å²) in [6, 6.07) is 20.8. The normalized spacial score (nSPS) is 17.1. The van der Waals surface area contributed by atoms with Crippen molar-refractivity contribution in [1.82, 2.24) is 0 Å². The molecule has 0 fully saturated rings. The molecule has 18 heavy (non-hydrogen) atoms. The van der Waals surface area contributed by atoms with Gasteiger partial charge in [-0.05, 0) is 24.0 Å². The topological polar surface area (TPSA) is 0 Å². The predicted molar refractivity (Wildman–Crippen MR) is 79.9 cm³/mol. The molecule has 1 aliphatic rings. The first-order chi connectivity index (χ1) is 8.86. The summed E-state index contributed by atoms with van der Waals surface area (Å²) in [7, 11) is 0. The fraction of sp³-hybridized carbons (Fsp3) is 0.176. The highest BCUT2D eigenvalue weighted by atomic mass is 35.5. The van der Waals surface area contributed by atoms with Crippen molar-refractivity contribution in [2.75, 3.05) is 0 Å². The molecule has 1 atom stereocenters. The third-order valence-corrected chi connectivity index (χ3v) is 3.20. The van der Waals surface area contributed by atoms with Gasteiger partial charge in [0.1, 0.15) is 0 Å². The molecule has 92 valence electrons. The largest absolute Gasteiger partial charge is 0.118 e. The molecule has 0 N–H and O–H groups in total. The zero-order valence-electron chi connectivity index (χ0n) is 10.3. The van der Waals surface area contributed by atoms with Gasteiger partial charge in [0.05, 0.1) is 5.38 Å². The molecular weight excluding hydrogens is 240 g/mol. The minimum atomic E-state index is 0.338. The lowest BCUT2D eigenvalue weighted by atomic mass is 10.1. The van der Waals surface area contributed by atoms with Crippen molar-refractivity contribution in [2.45, 2.75) is 18.2 Å². The molecule has 1 aliphatic carbocycles. The predicted octanol–water partition coefficient (Wildman–Crippen LogP) is 5.30. The average molecular weight is 257 g/mol. The van der Waals surface area contributed by atoms with E-state index in [0.717, 1.165) is 6.42 Å². The smallest absolute Gasteiger partial charge is 0.0518 e. The van der Waals surface area contributed by atoms with Gasteiger partial charge in [0, 0.05) is 0 Å². The number of hydrogen-bond donors (Lipinski definition) is 0. The fourth-order valence-electron chi connectivity index (χ4n) is 1.86. The maximum Gasteiger partial charge on any atom is 0.0518 e. The van der Waals surface area contributed by atoms with E-state index in [0.29, 0.717) is 5.38 Å². The Morgan fingerprint density at radius 3 is 1.56 bits per heavy atom. The van der Waals surface area contributed by atoms with Crippen LogP contribution in [0.1, 0.15) is 12.8 Å². The van der Waals surface area contributed by atoms with Crippen molar-refractivity contribution in [3.05, 3.63) is 72.8 Å². The van der Waals surface area contributed by atoms with Gasteiger partial charge in [-0.1, -0.05) is 72.8 Å². The SMILES string of the molecule is ClC1C=CCC1.c1ccc(-c2ccccc2)cc1. The number of halogens is 1. The molecular formula is C17H17Cl. The molecule has 0 nitrogen and oxygen atoms in total. The standard InChI is InChI=1S/C12H10.C5H7Cl/c1-3-7-11(8-4-1)12-9-5-2-6-10-12;6-5-3-1-2-4-5/h1-10H;1,3,5H,2,4H2. The zero-order valence-corrected chi connectivity index (χ0v) is 11.1. The molecule has 1 unspecified atom stereocenters. The minimum absolute atomic E-state index is 0.338. The lowest BCUT2D eigenvalue weighted by Crippen LogP contribution is -1.81. The Morgan fingerprint density at radius 1 is 0.778 bits per heavy atom. The molecule has 0 saturated carbocycles. The molecule has 0 spiro atoms. The molecule has 3 rings (SSSR count). The van der Waals surface area contributed by atoms with Gasteiger partial charge in [0.25, 0.3) is 0 Å². The second kappa shape index (κ2) is 7.03. The molecule has 0 heterocycles. The van der Waals surface area contributed by atoms with Crippen LogP contribution >= 0.6 is 11.6 Å². The highest BCUT2D eigenvalue weighted by Gasteiger charge is 2.01. The summed E-state index contributed by atoms with van der Waals surface area (Å²) in [5.41, 5.74) is 2.55. The van der Waals surface area contributed by atoms with Crippen LogP contribution in [0.25, 0.3) is 11.1 Å². The van der Waals surface area contributed by atoms with E-state index in [1.807, 2.05) is 18.2 Å². The Labute approximate surface area is 114 Å². The first-order valence-corrected chi connectivity index (χ1v) is 6.71. The van der Waals surface area contributed by atoms with Crippen LogP contribution in [0, 0.1) is 0 Å². The molecule has 0 saturated heterocycles. The number of allylic oxidation sites excluding steroid dienone is 2. The Balaban J connectivity index is 0.000000169. The van der Waals surface area contributed by atoms with Gasteiger partial charge in [0.15, 0.2) is 0 Å². The van der Waals surface area contributed by atoms with Crippen LogP contribution in [0.15, 0.2) is 72.8 Å². The summed E-state index contributed by atoms with van der Waals surface area (Å²) in [4.78, 5) is 0. The minimum Gasteiger partial charge on any atom is -0.118 e. The summed E-state index contributed by atoms with van der Waals surface area (Å²) in [5, 5.41) is 0.338. The molecule has 0 bridgehead atoms. The van der Waals surface area contributed by atoms with Gasteiger partial charge in [0.2, 0.25) is 0 Å². The Morgan fingerprint density at radius 2 is 1.28 bits per heavy atom. The lowest BCUT2D eigenvalue weighted by Gasteiger charge is -1.98. The van der Waals surface area contributed by atoms with Gasteiger partial charge in [-0.15, -0.1) is 11.6 Å². The van der Waals surface area contributed by atoms with Gasteiger partial charge in [-0.2, -0.15) is 0 Å². The number of alkyl halides is 1. The molecule has 0 aromatic heterocycles. The van der Waals surface area contributed by atoms with E-state index in [9.17, 15) is 0 Å². The molecule has 2 aromatic carbocycles. The van der Waals surface area contributed by atoms with E-state index in [-0.39, 0.29) is 0 Å². The Kier molecular flexibility index (Phi) is 5.04. The summed E-state index contributed by atoms with van der Waals surface area (Å²) >= 11 is 5.63. The molecule has 0 aliphatic heterocycles. The molecule has 0 radical (unpaired) electrons. The van der Waals surface area contributed by atoms with Crippen LogP contribution in [0.4, 0.5) is 0 Å². The van der Waals surface area contributed by atoms with Crippen molar-refractivity contribution in [2.24, 2.45) is 0 Å². The summed E-state index contributed by atoms with van der Waals surface area (Å²) in [5.74, 6) is 0. The van der Waals surface area contributed by atoms with Crippen molar-refractivity contribution in [3.8, 4) is 11.1 Å². The van der Waals surface area contributed by atoms with E-state index < -0.39 is 0 Å². The maximum atomic E-state index is 5.63. The average Bonchev–Trinajstić information content (AvgIpc) is 2.93. The monoisotopic (exact) mass is 256 g/mol. The highest BCUT2D eigenvalue weighted by Crippen LogP contribution is 2.17. The van der Waals surface area contributed by atoms with Crippen molar-refractivity contribution < 1.29 is 0 Å². The first-order valence-electron chi connectivity index (χ1n) is 6.27. The van der Waals surface area contributed by atoms with Crippen LogP contribution in [0.2, 0.25) is 0 Å². The first kappa shape index (κ1) is 12.9. The van der Waals surface area contributed by atoms with E-state index in [1.54, 1.807) is 0 Å². The summed E-state index contributed by atoms with van der Waals surface area (Å²) < 4.78 is 0. The number of rotatable bonds is 1. The Bertz CT molecular complexity index is 436. The van der Waals surface area contributed by atoms with Crippen LogP contribution in [-0.2, 0) is 0 Å². The zero-order chi connectivity index (χ0) is 12.6. The van der Waals surface area contributed by atoms with E-state index in [1.165, 1.54) is 17.5 Å². The molecule has 0 amide bonds. The third kappa shape index (κ3) is 4.05. The molecule has 1 heteroatoms. The quantitative estimate of drug-likeness (QED) is 0.480. The van der Waals surface area contributed by atoms with E-state index in [2.05, 4.69) is 54.6 Å². The van der Waals surface area contributed by atoms with Crippen molar-refractivity contribution >= 4 is 11.6 Å². The van der Waals surface area contributed by atoms with E-state index >= 15 is 0 Å². The van der Waals surface area contributed by atoms with Gasteiger partial charge < -0.3 is 0 Å². The number of benzene rings is 2. The van der Waals surface area contributed by atoms with Gasteiger partial charge in [-0.3, -0.25) is 0 Å². The van der Waals surface area contributed by atoms with Crippen molar-refractivity contribution in [3.63, 3.8) is 0 Å². The lowest BCUT2D eigenvalue weighted by molar-refractivity contribution is 0.936. The fourth-order valence-corrected chi connectivity index (χ4v) is 2.09. The maximum absolute atomic E-state index is 5.63. The van der Waals surface area contributed by atoms with Gasteiger partial charge in [-0.25, -0.2) is 0 Å². The second-order valence-electron chi connectivity index (χ2n) is 4.25. The number of hydrogen-bond acceptors (Lipinski definition) is 0. The highest BCUT2D eigenvalue weighted by molar-refractivity contribution is 6.21. The Hall–Kier alpha value is -1.53. The van der Waals surface area contributed by atoms with Crippen LogP contribution in [0.3, 0.4) is 0 Å². The van der Waals surface area contributed by atoms with Gasteiger partial charge >= 0.3 is 0 Å². The van der Waals surface area contributed by atoms with Crippen LogP contribution < -0.4 is 0 Å². The molecule has 2 aromatic rings.